The van der Waals surface area contributed by atoms with Crippen molar-refractivity contribution in [1.29, 1.82) is 5.26 Å². The van der Waals surface area contributed by atoms with Crippen LogP contribution in [0.1, 0.15) is 31.4 Å². The Kier molecular flexibility index (Phi) is 5.93. The average molecular weight is 359 g/mol. The molecule has 0 saturated heterocycles. The van der Waals surface area contributed by atoms with E-state index >= 15 is 0 Å². The molecule has 4 nitrogen and oxygen atoms in total. The molecule has 4 heteroatoms. The fourth-order valence-corrected chi connectivity index (χ4v) is 3.41. The second kappa shape index (κ2) is 8.55. The lowest BCUT2D eigenvalue weighted by molar-refractivity contribution is -0.129. The van der Waals surface area contributed by atoms with Gasteiger partial charge >= 0.3 is 0 Å². The van der Waals surface area contributed by atoms with Gasteiger partial charge in [0.1, 0.15) is 11.6 Å². The van der Waals surface area contributed by atoms with E-state index in [0.717, 1.165) is 30.6 Å². The molecule has 138 valence electrons. The molecule has 27 heavy (non-hydrogen) atoms. The predicted molar refractivity (Wildman–Crippen MR) is 108 cm³/mol. The highest BCUT2D eigenvalue weighted by atomic mass is 16.2. The fraction of sp³-hybridized carbons (Fsp3) is 0.304. The molecule has 2 aromatic carbocycles. The van der Waals surface area contributed by atoms with E-state index in [2.05, 4.69) is 18.2 Å². The van der Waals surface area contributed by atoms with Crippen molar-refractivity contribution in [3.05, 3.63) is 77.5 Å². The number of hydrogen-bond donors (Lipinski definition) is 0. The van der Waals surface area contributed by atoms with Crippen LogP contribution in [0.5, 0.6) is 0 Å². The average Bonchev–Trinajstić information content (AvgIpc) is 2.70. The van der Waals surface area contributed by atoms with E-state index in [-0.39, 0.29) is 17.5 Å². The Morgan fingerprint density at radius 1 is 1.19 bits per heavy atom. The molecule has 0 fully saturated rings. The summed E-state index contributed by atoms with van der Waals surface area (Å²) < 4.78 is 0. The first kappa shape index (κ1) is 18.7. The number of hydrogen-bond acceptors (Lipinski definition) is 3. The van der Waals surface area contributed by atoms with Crippen molar-refractivity contribution in [2.45, 2.75) is 39.3 Å². The van der Waals surface area contributed by atoms with Crippen LogP contribution in [0.15, 0.2) is 66.4 Å². The van der Waals surface area contributed by atoms with Gasteiger partial charge < -0.3 is 9.80 Å². The Morgan fingerprint density at radius 2 is 1.89 bits per heavy atom. The molecule has 1 aliphatic rings. The number of aryl methyl sites for hydroxylation is 1. The molecular formula is C23H25N3O. The third-order valence-corrected chi connectivity index (χ3v) is 4.86. The number of para-hydroxylation sites is 1. The number of nitrogens with zero attached hydrogens (tertiary/aromatic N) is 3. The van der Waals surface area contributed by atoms with Gasteiger partial charge in [0.2, 0.25) is 0 Å². The first-order valence-corrected chi connectivity index (χ1v) is 9.41. The Morgan fingerprint density at radius 3 is 2.59 bits per heavy atom. The van der Waals surface area contributed by atoms with Crippen LogP contribution in [0.4, 0.5) is 5.69 Å². The van der Waals surface area contributed by atoms with Crippen LogP contribution in [-0.2, 0) is 17.8 Å². The van der Waals surface area contributed by atoms with Crippen LogP contribution >= 0.6 is 0 Å². The number of nitriles is 1. The summed E-state index contributed by atoms with van der Waals surface area (Å²) in [4.78, 5) is 16.9. The number of carbonyl (C=O) groups is 1. The Labute approximate surface area is 161 Å². The highest BCUT2D eigenvalue weighted by molar-refractivity contribution is 5.97. The van der Waals surface area contributed by atoms with E-state index in [4.69, 9.17) is 0 Å². The van der Waals surface area contributed by atoms with Gasteiger partial charge in [0.15, 0.2) is 0 Å². The quantitative estimate of drug-likeness (QED) is 0.591. The number of fused-ring (bicyclic) bond motifs is 1. The van der Waals surface area contributed by atoms with E-state index in [1.165, 1.54) is 5.56 Å². The van der Waals surface area contributed by atoms with E-state index in [0.29, 0.717) is 6.54 Å². The van der Waals surface area contributed by atoms with Crippen molar-refractivity contribution < 1.29 is 4.79 Å². The second-order valence-electron chi connectivity index (χ2n) is 7.09. The normalized spacial score (nSPS) is 13.9. The monoisotopic (exact) mass is 359 g/mol. The standard InChI is InChI=1S/C23H25N3O/c1-18(2)26(16-19-9-4-3-5-10-19)23(27)21(15-24)17-25-14-8-12-20-11-6-7-13-22(20)25/h3-7,9-11,13,17-18H,8,12,14,16H2,1-2H3/b21-17-. The van der Waals surface area contributed by atoms with Crippen molar-refractivity contribution >= 4 is 11.6 Å². The van der Waals surface area contributed by atoms with Crippen molar-refractivity contribution in [1.82, 2.24) is 4.90 Å². The number of anilines is 1. The zero-order chi connectivity index (χ0) is 19.2. The highest BCUT2D eigenvalue weighted by Crippen LogP contribution is 2.27. The van der Waals surface area contributed by atoms with Crippen molar-refractivity contribution in [2.75, 3.05) is 11.4 Å². The van der Waals surface area contributed by atoms with Gasteiger partial charge in [-0.15, -0.1) is 0 Å². The summed E-state index contributed by atoms with van der Waals surface area (Å²) in [6.07, 6.45) is 3.77. The predicted octanol–water partition coefficient (Wildman–Crippen LogP) is 4.28. The summed E-state index contributed by atoms with van der Waals surface area (Å²) in [7, 11) is 0. The Balaban J connectivity index is 1.86. The van der Waals surface area contributed by atoms with E-state index in [1.807, 2.05) is 61.2 Å². The van der Waals surface area contributed by atoms with Gasteiger partial charge in [0.25, 0.3) is 5.91 Å². The Hall–Kier alpha value is -3.06. The van der Waals surface area contributed by atoms with Gasteiger partial charge in [0.05, 0.1) is 0 Å². The van der Waals surface area contributed by atoms with Gasteiger partial charge in [-0.05, 0) is 43.9 Å². The molecule has 0 unspecified atom stereocenters. The maximum Gasteiger partial charge on any atom is 0.266 e. The first-order valence-electron chi connectivity index (χ1n) is 9.41. The SMILES string of the molecule is CC(C)N(Cc1ccccc1)C(=O)/C(C#N)=C\N1CCCc2ccccc21. The van der Waals surface area contributed by atoms with Crippen LogP contribution in [0, 0.1) is 11.3 Å². The largest absolute Gasteiger partial charge is 0.346 e. The van der Waals surface area contributed by atoms with Gasteiger partial charge in [-0.3, -0.25) is 4.79 Å². The van der Waals surface area contributed by atoms with Gasteiger partial charge in [-0.1, -0.05) is 48.5 Å². The lowest BCUT2D eigenvalue weighted by Gasteiger charge is -2.30. The number of carbonyl (C=O) groups excluding carboxylic acids is 1. The van der Waals surface area contributed by atoms with E-state index < -0.39 is 0 Å². The lowest BCUT2D eigenvalue weighted by Crippen LogP contribution is -2.38. The Bertz CT molecular complexity index is 865. The molecular weight excluding hydrogens is 334 g/mol. The fourth-order valence-electron chi connectivity index (χ4n) is 3.41. The molecule has 2 aromatic rings. The minimum absolute atomic E-state index is 0.00287. The summed E-state index contributed by atoms with van der Waals surface area (Å²) in [6.45, 7) is 5.26. The first-order chi connectivity index (χ1) is 13.1. The maximum atomic E-state index is 13.1. The summed E-state index contributed by atoms with van der Waals surface area (Å²) >= 11 is 0. The lowest BCUT2D eigenvalue weighted by atomic mass is 10.0. The third kappa shape index (κ3) is 4.38. The van der Waals surface area contributed by atoms with Crippen LogP contribution < -0.4 is 4.90 Å². The molecule has 0 saturated carbocycles. The van der Waals surface area contributed by atoms with Crippen molar-refractivity contribution in [3.63, 3.8) is 0 Å². The van der Waals surface area contributed by atoms with Crippen LogP contribution in [0.3, 0.4) is 0 Å². The molecule has 0 radical (unpaired) electrons. The topological polar surface area (TPSA) is 47.3 Å². The molecule has 0 N–H and O–H groups in total. The number of amides is 1. The van der Waals surface area contributed by atoms with Gasteiger partial charge in [0, 0.05) is 31.0 Å². The molecule has 0 spiro atoms. The molecule has 0 bridgehead atoms. The minimum Gasteiger partial charge on any atom is -0.346 e. The van der Waals surface area contributed by atoms with E-state index in [9.17, 15) is 10.1 Å². The molecule has 1 heterocycles. The second-order valence-corrected chi connectivity index (χ2v) is 7.09. The molecule has 1 amide bonds. The third-order valence-electron chi connectivity index (χ3n) is 4.86. The molecule has 3 rings (SSSR count). The van der Waals surface area contributed by atoms with Crippen molar-refractivity contribution in [2.24, 2.45) is 0 Å². The van der Waals surface area contributed by atoms with Crippen LogP contribution in [-0.4, -0.2) is 23.4 Å². The van der Waals surface area contributed by atoms with Gasteiger partial charge in [-0.25, -0.2) is 0 Å². The number of benzene rings is 2. The zero-order valence-electron chi connectivity index (χ0n) is 15.9. The van der Waals surface area contributed by atoms with E-state index in [1.54, 1.807) is 11.1 Å². The smallest absolute Gasteiger partial charge is 0.266 e. The molecule has 0 atom stereocenters. The maximum absolute atomic E-state index is 13.1. The van der Waals surface area contributed by atoms with Gasteiger partial charge in [-0.2, -0.15) is 5.26 Å². The zero-order valence-corrected chi connectivity index (χ0v) is 15.9. The van der Waals surface area contributed by atoms with Crippen LogP contribution in [0.25, 0.3) is 0 Å². The molecule has 0 aromatic heterocycles. The highest BCUT2D eigenvalue weighted by Gasteiger charge is 2.23. The summed E-state index contributed by atoms with van der Waals surface area (Å²) in [5.41, 5.74) is 3.58. The summed E-state index contributed by atoms with van der Waals surface area (Å²) in [5, 5.41) is 9.68. The van der Waals surface area contributed by atoms with Crippen molar-refractivity contribution in [3.8, 4) is 6.07 Å². The molecule has 1 aliphatic heterocycles. The number of rotatable bonds is 5. The van der Waals surface area contributed by atoms with Crippen LogP contribution in [0.2, 0.25) is 0 Å². The summed E-state index contributed by atoms with van der Waals surface area (Å²) in [5.74, 6) is -0.223. The summed E-state index contributed by atoms with van der Waals surface area (Å²) in [6, 6.07) is 20.2. The molecule has 0 aliphatic carbocycles. The minimum atomic E-state index is -0.223.